The lowest BCUT2D eigenvalue weighted by Gasteiger charge is -2.04. The van der Waals surface area contributed by atoms with Crippen LogP contribution >= 0.6 is 0 Å². The molecule has 0 aromatic heterocycles. The van der Waals surface area contributed by atoms with Crippen LogP contribution < -0.4 is 5.32 Å². The molecule has 0 bridgehead atoms. The topological polar surface area (TPSA) is 12.0 Å². The highest BCUT2D eigenvalue weighted by Gasteiger charge is 1.92. The van der Waals surface area contributed by atoms with Crippen molar-refractivity contribution >= 4 is 0 Å². The first-order chi connectivity index (χ1) is 7.35. The van der Waals surface area contributed by atoms with Gasteiger partial charge < -0.3 is 5.32 Å². The zero-order chi connectivity index (χ0) is 11.4. The minimum absolute atomic E-state index is 1.13. The van der Waals surface area contributed by atoms with Gasteiger partial charge in [-0.1, -0.05) is 44.1 Å². The van der Waals surface area contributed by atoms with E-state index in [0.29, 0.717) is 0 Å². The Balaban J connectivity index is 3.43. The summed E-state index contributed by atoms with van der Waals surface area (Å²) in [5.41, 5.74) is 1.47. The Morgan fingerprint density at radius 2 is 1.87 bits per heavy atom. The first-order valence-corrected chi connectivity index (χ1v) is 6.37. The van der Waals surface area contributed by atoms with Crippen molar-refractivity contribution in [2.24, 2.45) is 0 Å². The van der Waals surface area contributed by atoms with E-state index in [2.05, 4.69) is 44.3 Å². The number of allylic oxidation sites excluding steroid dienone is 4. The molecule has 0 saturated carbocycles. The molecule has 0 heterocycles. The summed E-state index contributed by atoms with van der Waals surface area (Å²) in [4.78, 5) is 0. The Morgan fingerprint density at radius 1 is 1.13 bits per heavy atom. The second kappa shape index (κ2) is 11.5. The first kappa shape index (κ1) is 14.4. The Bertz CT molecular complexity index is 180. The number of unbranched alkanes of at least 4 members (excludes halogenated alkanes) is 1. The van der Waals surface area contributed by atoms with Crippen LogP contribution in [0.1, 0.15) is 52.9 Å². The van der Waals surface area contributed by atoms with E-state index in [1.807, 2.05) is 0 Å². The van der Waals surface area contributed by atoms with Gasteiger partial charge in [-0.05, 0) is 45.7 Å². The lowest BCUT2D eigenvalue weighted by atomic mass is 10.1. The maximum atomic E-state index is 3.47. The SMILES string of the molecule is C/C=C(\C=C/CC)CCCNCCCC. The van der Waals surface area contributed by atoms with Crippen molar-refractivity contribution in [2.45, 2.75) is 52.9 Å². The molecule has 0 rings (SSSR count). The largest absolute Gasteiger partial charge is 0.317 e. The molecule has 0 unspecified atom stereocenters. The van der Waals surface area contributed by atoms with E-state index in [9.17, 15) is 0 Å². The summed E-state index contributed by atoms with van der Waals surface area (Å²) in [5.74, 6) is 0. The highest BCUT2D eigenvalue weighted by atomic mass is 14.8. The third-order valence-electron chi connectivity index (χ3n) is 2.46. The summed E-state index contributed by atoms with van der Waals surface area (Å²) in [6.45, 7) is 8.86. The van der Waals surface area contributed by atoms with Crippen LogP contribution in [0.3, 0.4) is 0 Å². The number of rotatable bonds is 9. The van der Waals surface area contributed by atoms with Gasteiger partial charge in [0.1, 0.15) is 0 Å². The molecule has 15 heavy (non-hydrogen) atoms. The zero-order valence-corrected chi connectivity index (χ0v) is 10.7. The summed E-state index contributed by atoms with van der Waals surface area (Å²) < 4.78 is 0. The van der Waals surface area contributed by atoms with Gasteiger partial charge in [0, 0.05) is 0 Å². The minimum Gasteiger partial charge on any atom is -0.317 e. The summed E-state index contributed by atoms with van der Waals surface area (Å²) in [7, 11) is 0. The third-order valence-corrected chi connectivity index (χ3v) is 2.46. The van der Waals surface area contributed by atoms with Crippen LogP contribution in [0.15, 0.2) is 23.8 Å². The van der Waals surface area contributed by atoms with Gasteiger partial charge in [-0.3, -0.25) is 0 Å². The van der Waals surface area contributed by atoms with Gasteiger partial charge in [-0.15, -0.1) is 0 Å². The Hall–Kier alpha value is -0.560. The van der Waals surface area contributed by atoms with Crippen LogP contribution in [0.2, 0.25) is 0 Å². The van der Waals surface area contributed by atoms with Crippen LogP contribution in [0.4, 0.5) is 0 Å². The van der Waals surface area contributed by atoms with E-state index in [1.165, 1.54) is 37.8 Å². The minimum atomic E-state index is 1.13. The van der Waals surface area contributed by atoms with E-state index in [0.717, 1.165) is 13.0 Å². The Kier molecular flexibility index (Phi) is 11.1. The molecular formula is C14H27N. The maximum Gasteiger partial charge on any atom is -0.00458 e. The van der Waals surface area contributed by atoms with Gasteiger partial charge >= 0.3 is 0 Å². The molecule has 0 saturated heterocycles. The highest BCUT2D eigenvalue weighted by molar-refractivity contribution is 5.17. The lowest BCUT2D eigenvalue weighted by Crippen LogP contribution is -2.16. The van der Waals surface area contributed by atoms with Crippen molar-refractivity contribution < 1.29 is 0 Å². The van der Waals surface area contributed by atoms with Gasteiger partial charge in [0.25, 0.3) is 0 Å². The molecule has 0 spiro atoms. The fourth-order valence-corrected chi connectivity index (χ4v) is 1.44. The van der Waals surface area contributed by atoms with Crippen molar-refractivity contribution in [1.82, 2.24) is 5.32 Å². The molecule has 0 aromatic carbocycles. The van der Waals surface area contributed by atoms with Gasteiger partial charge in [0.05, 0.1) is 0 Å². The first-order valence-electron chi connectivity index (χ1n) is 6.37. The van der Waals surface area contributed by atoms with E-state index in [1.54, 1.807) is 0 Å². The summed E-state index contributed by atoms with van der Waals surface area (Å²) in [5, 5.41) is 3.47. The molecule has 0 atom stereocenters. The summed E-state index contributed by atoms with van der Waals surface area (Å²) in [6, 6.07) is 0. The second-order valence-electron chi connectivity index (χ2n) is 3.88. The normalized spacial score (nSPS) is 12.6. The molecule has 0 fully saturated rings. The fraction of sp³-hybridized carbons (Fsp3) is 0.714. The molecule has 0 aliphatic rings. The number of hydrogen-bond acceptors (Lipinski definition) is 1. The van der Waals surface area contributed by atoms with Crippen LogP contribution in [-0.2, 0) is 0 Å². The fourth-order valence-electron chi connectivity index (χ4n) is 1.44. The van der Waals surface area contributed by atoms with Gasteiger partial charge in [0.15, 0.2) is 0 Å². The molecule has 0 aromatic rings. The van der Waals surface area contributed by atoms with E-state index in [-0.39, 0.29) is 0 Å². The molecule has 0 aliphatic heterocycles. The average molecular weight is 209 g/mol. The van der Waals surface area contributed by atoms with Crippen LogP contribution in [0.5, 0.6) is 0 Å². The lowest BCUT2D eigenvalue weighted by molar-refractivity contribution is 0.617. The zero-order valence-electron chi connectivity index (χ0n) is 10.7. The number of hydrogen-bond donors (Lipinski definition) is 1. The quantitative estimate of drug-likeness (QED) is 0.446. The summed E-state index contributed by atoms with van der Waals surface area (Å²) >= 11 is 0. The van der Waals surface area contributed by atoms with E-state index < -0.39 is 0 Å². The monoisotopic (exact) mass is 209 g/mol. The molecule has 1 heteroatoms. The Morgan fingerprint density at radius 3 is 2.47 bits per heavy atom. The predicted molar refractivity (Wildman–Crippen MR) is 70.2 cm³/mol. The molecule has 0 radical (unpaired) electrons. The van der Waals surface area contributed by atoms with Crippen LogP contribution in [0, 0.1) is 0 Å². The van der Waals surface area contributed by atoms with E-state index >= 15 is 0 Å². The molecular weight excluding hydrogens is 182 g/mol. The van der Waals surface area contributed by atoms with Crippen molar-refractivity contribution in [3.05, 3.63) is 23.8 Å². The molecule has 1 N–H and O–H groups in total. The van der Waals surface area contributed by atoms with Crippen LogP contribution in [0.25, 0.3) is 0 Å². The van der Waals surface area contributed by atoms with Crippen molar-refractivity contribution in [3.8, 4) is 0 Å². The predicted octanol–water partition coefficient (Wildman–Crippen LogP) is 4.07. The molecule has 0 amide bonds. The summed E-state index contributed by atoms with van der Waals surface area (Å²) in [6.07, 6.45) is 12.9. The standard InChI is InChI=1S/C14H27N/c1-4-7-10-14(6-3)11-9-13-15-12-8-5-2/h6-7,10,15H,4-5,8-9,11-13H2,1-3H3/b10-7-,14-6+. The third kappa shape index (κ3) is 9.74. The smallest absolute Gasteiger partial charge is 0.00458 e. The number of nitrogens with one attached hydrogen (secondary N) is 1. The van der Waals surface area contributed by atoms with Crippen molar-refractivity contribution in [2.75, 3.05) is 13.1 Å². The van der Waals surface area contributed by atoms with Crippen molar-refractivity contribution in [1.29, 1.82) is 0 Å². The van der Waals surface area contributed by atoms with Crippen LogP contribution in [-0.4, -0.2) is 13.1 Å². The van der Waals surface area contributed by atoms with E-state index in [4.69, 9.17) is 0 Å². The van der Waals surface area contributed by atoms with Gasteiger partial charge in [-0.2, -0.15) is 0 Å². The molecule has 0 aliphatic carbocycles. The van der Waals surface area contributed by atoms with Gasteiger partial charge in [0.2, 0.25) is 0 Å². The molecule has 88 valence electrons. The maximum absolute atomic E-state index is 3.47. The molecule has 1 nitrogen and oxygen atoms in total. The average Bonchev–Trinajstić information content (AvgIpc) is 2.27. The second-order valence-corrected chi connectivity index (χ2v) is 3.88. The van der Waals surface area contributed by atoms with Crippen molar-refractivity contribution in [3.63, 3.8) is 0 Å². The Labute approximate surface area is 95.7 Å². The van der Waals surface area contributed by atoms with Gasteiger partial charge in [-0.25, -0.2) is 0 Å². The highest BCUT2D eigenvalue weighted by Crippen LogP contribution is 2.06.